The van der Waals surface area contributed by atoms with Gasteiger partial charge >= 0.3 is 0 Å². The van der Waals surface area contributed by atoms with Crippen LogP contribution < -0.4 is 0 Å². The van der Waals surface area contributed by atoms with Gasteiger partial charge in [-0.2, -0.15) is 0 Å². The number of benzene rings is 4. The highest BCUT2D eigenvalue weighted by atomic mass is 16.6. The van der Waals surface area contributed by atoms with Gasteiger partial charge < -0.3 is 4.74 Å². The van der Waals surface area contributed by atoms with E-state index in [0.717, 1.165) is 64.0 Å². The average Bonchev–Trinajstić information content (AvgIpc) is 3.90. The van der Waals surface area contributed by atoms with Crippen LogP contribution in [-0.2, 0) is 26.4 Å². The van der Waals surface area contributed by atoms with Crippen LogP contribution in [0.3, 0.4) is 0 Å². The maximum atomic E-state index is 11.6. The molecular weight excluding hydrogens is 532 g/mol. The third kappa shape index (κ3) is 4.11. The lowest BCUT2D eigenvalue weighted by Gasteiger charge is -2.71. The number of rotatable bonds is 8. The summed E-state index contributed by atoms with van der Waals surface area (Å²) < 4.78 is 5.59. The fraction of sp³-hybridized carbons (Fsp3) is 0.308. The minimum absolute atomic E-state index is 0.0757. The molecule has 4 saturated carbocycles. The minimum atomic E-state index is -0.110. The average molecular weight is 567 g/mol. The van der Waals surface area contributed by atoms with E-state index in [0.29, 0.717) is 16.7 Å². The molecule has 1 heterocycles. The summed E-state index contributed by atoms with van der Waals surface area (Å²) in [6, 6.07) is 34.1. The Bertz CT molecular complexity index is 1540. The van der Waals surface area contributed by atoms with E-state index in [-0.39, 0.29) is 27.8 Å². The number of hydrogen-bond acceptors (Lipinski definition) is 4. The molecular formula is C39H34O4. The molecule has 1 atom stereocenters. The van der Waals surface area contributed by atoms with Crippen LogP contribution in [0, 0.1) is 0 Å². The molecule has 0 amide bonds. The Morgan fingerprint density at radius 2 is 0.698 bits per heavy atom. The number of ether oxygens (including phenoxy) is 1. The van der Waals surface area contributed by atoms with Gasteiger partial charge in [-0.15, -0.1) is 0 Å². The van der Waals surface area contributed by atoms with Crippen molar-refractivity contribution in [2.24, 2.45) is 0 Å². The van der Waals surface area contributed by atoms with Crippen molar-refractivity contribution in [1.82, 2.24) is 0 Å². The SMILES string of the molecule is O=Cc1ccc(C23CC4(c5ccc(C=O)cc5)CC(c5ccc(C=O)cc5)(C2)CC(c2ccc(C5CO5)cc2)(C3)C4)cc1. The predicted octanol–water partition coefficient (Wildman–Crippen LogP) is 7.63. The molecule has 4 bridgehead atoms. The van der Waals surface area contributed by atoms with Gasteiger partial charge in [-0.25, -0.2) is 0 Å². The Labute approximate surface area is 252 Å². The van der Waals surface area contributed by atoms with Crippen LogP contribution in [0.1, 0.15) is 104 Å². The summed E-state index contributed by atoms with van der Waals surface area (Å²) in [4.78, 5) is 34.8. The summed E-state index contributed by atoms with van der Waals surface area (Å²) in [5, 5.41) is 0. The lowest BCUT2D eigenvalue weighted by Crippen LogP contribution is -2.67. The fourth-order valence-electron chi connectivity index (χ4n) is 9.90. The second-order valence-electron chi connectivity index (χ2n) is 13.8. The van der Waals surface area contributed by atoms with E-state index < -0.39 is 0 Å². The highest BCUT2D eigenvalue weighted by Gasteiger charge is 2.69. The minimum Gasteiger partial charge on any atom is -0.368 e. The number of carbonyl (C=O) groups is 3. The van der Waals surface area contributed by atoms with Crippen molar-refractivity contribution < 1.29 is 19.1 Å². The lowest BCUT2D eigenvalue weighted by atomic mass is 9.32. The van der Waals surface area contributed by atoms with Crippen LogP contribution in [0.15, 0.2) is 97.1 Å². The highest BCUT2D eigenvalue weighted by molar-refractivity contribution is 5.76. The summed E-state index contributed by atoms with van der Waals surface area (Å²) >= 11 is 0. The normalized spacial score (nSPS) is 31.9. The first-order valence-corrected chi connectivity index (χ1v) is 15.3. The second-order valence-corrected chi connectivity index (χ2v) is 13.8. The van der Waals surface area contributed by atoms with Crippen LogP contribution in [0.5, 0.6) is 0 Å². The van der Waals surface area contributed by atoms with E-state index in [1.165, 1.54) is 27.8 Å². The largest absolute Gasteiger partial charge is 0.368 e. The van der Waals surface area contributed by atoms with Crippen molar-refractivity contribution >= 4 is 18.9 Å². The van der Waals surface area contributed by atoms with E-state index in [4.69, 9.17) is 4.74 Å². The van der Waals surface area contributed by atoms with Crippen LogP contribution in [-0.4, -0.2) is 25.5 Å². The third-order valence-electron chi connectivity index (χ3n) is 11.3. The van der Waals surface area contributed by atoms with Crippen molar-refractivity contribution in [2.75, 3.05) is 6.61 Å². The lowest BCUT2D eigenvalue weighted by molar-refractivity contribution is -0.0692. The van der Waals surface area contributed by atoms with E-state index in [1.54, 1.807) is 0 Å². The summed E-state index contributed by atoms with van der Waals surface area (Å²) in [6.07, 6.45) is 9.16. The van der Waals surface area contributed by atoms with Crippen molar-refractivity contribution in [3.63, 3.8) is 0 Å². The number of carbonyl (C=O) groups excluding carboxylic acids is 3. The maximum Gasteiger partial charge on any atom is 0.150 e. The van der Waals surface area contributed by atoms with Crippen molar-refractivity contribution in [2.45, 2.75) is 66.3 Å². The number of hydrogen-bond donors (Lipinski definition) is 0. The molecule has 5 aliphatic rings. The van der Waals surface area contributed by atoms with Gasteiger partial charge in [-0.3, -0.25) is 14.4 Å². The molecule has 4 aromatic rings. The Morgan fingerprint density at radius 3 is 0.930 bits per heavy atom. The third-order valence-corrected chi connectivity index (χ3v) is 11.3. The van der Waals surface area contributed by atoms with E-state index in [2.05, 4.69) is 60.7 Å². The molecule has 43 heavy (non-hydrogen) atoms. The molecule has 0 aromatic heterocycles. The predicted molar refractivity (Wildman–Crippen MR) is 165 cm³/mol. The Hall–Kier alpha value is -4.15. The first-order valence-electron chi connectivity index (χ1n) is 15.3. The molecule has 1 unspecified atom stereocenters. The van der Waals surface area contributed by atoms with Crippen molar-refractivity contribution in [3.8, 4) is 0 Å². The topological polar surface area (TPSA) is 63.7 Å². The van der Waals surface area contributed by atoms with E-state index in [1.807, 2.05) is 36.4 Å². The second kappa shape index (κ2) is 9.42. The molecule has 1 aliphatic heterocycles. The van der Waals surface area contributed by atoms with Gasteiger partial charge in [-0.1, -0.05) is 97.1 Å². The first kappa shape index (κ1) is 26.5. The molecule has 0 spiro atoms. The number of aldehydes is 3. The van der Waals surface area contributed by atoms with Crippen LogP contribution in [0.2, 0.25) is 0 Å². The number of epoxide rings is 1. The van der Waals surface area contributed by atoms with Gasteiger partial charge in [0, 0.05) is 16.7 Å². The molecule has 214 valence electrons. The summed E-state index contributed by atoms with van der Waals surface area (Å²) in [6.45, 7) is 0.796. The molecule has 1 saturated heterocycles. The molecule has 4 aliphatic carbocycles. The quantitative estimate of drug-likeness (QED) is 0.163. The zero-order valence-electron chi connectivity index (χ0n) is 24.1. The highest BCUT2D eigenvalue weighted by Crippen LogP contribution is 2.74. The monoisotopic (exact) mass is 566 g/mol. The summed E-state index contributed by atoms with van der Waals surface area (Å²) in [5.74, 6) is 0. The van der Waals surface area contributed by atoms with E-state index in [9.17, 15) is 14.4 Å². The molecule has 9 rings (SSSR count). The molecule has 4 aromatic carbocycles. The molecule has 0 N–H and O–H groups in total. The Morgan fingerprint density at radius 1 is 0.442 bits per heavy atom. The first-order chi connectivity index (χ1) is 20.9. The van der Waals surface area contributed by atoms with Crippen LogP contribution >= 0.6 is 0 Å². The molecule has 4 nitrogen and oxygen atoms in total. The van der Waals surface area contributed by atoms with Gasteiger partial charge in [0.2, 0.25) is 0 Å². The van der Waals surface area contributed by atoms with Gasteiger partial charge in [0.05, 0.1) is 6.61 Å². The van der Waals surface area contributed by atoms with Gasteiger partial charge in [0.15, 0.2) is 0 Å². The standard InChI is InChI=1S/C39H34O4/c40-17-27-1-9-31(10-2-27)36-21-37(32-11-3-28(18-41)4-12-32)23-38(22-36,33-13-5-29(19-42)6-14-33)26-39(24-36,25-37)34-15-7-30(8-16-34)35-20-43-35/h1-19,35H,20-26H2. The van der Waals surface area contributed by atoms with Gasteiger partial charge in [-0.05, 0) is 88.0 Å². The zero-order valence-corrected chi connectivity index (χ0v) is 24.1. The molecule has 0 radical (unpaired) electrons. The molecule has 4 heteroatoms. The summed E-state index contributed by atoms with van der Waals surface area (Å²) in [5.41, 5.74) is 8.20. The smallest absolute Gasteiger partial charge is 0.150 e. The summed E-state index contributed by atoms with van der Waals surface area (Å²) in [7, 11) is 0. The van der Waals surface area contributed by atoms with Crippen LogP contribution in [0.25, 0.3) is 0 Å². The van der Waals surface area contributed by atoms with Gasteiger partial charge in [0.1, 0.15) is 25.0 Å². The van der Waals surface area contributed by atoms with Gasteiger partial charge in [0.25, 0.3) is 0 Å². The fourth-order valence-corrected chi connectivity index (χ4v) is 9.90. The van der Waals surface area contributed by atoms with Crippen molar-refractivity contribution in [1.29, 1.82) is 0 Å². The molecule has 5 fully saturated rings. The van der Waals surface area contributed by atoms with E-state index >= 15 is 0 Å². The van der Waals surface area contributed by atoms with Crippen molar-refractivity contribution in [3.05, 3.63) is 142 Å². The van der Waals surface area contributed by atoms with Crippen LogP contribution in [0.4, 0.5) is 0 Å². The maximum absolute atomic E-state index is 11.6. The zero-order chi connectivity index (χ0) is 29.3. The Balaban J connectivity index is 1.36. The Kier molecular flexibility index (Phi) is 5.80.